The number of hydrogen-bond donors (Lipinski definition) is 1. The Hall–Kier alpha value is -0.940. The van der Waals surface area contributed by atoms with Gasteiger partial charge in [-0.3, -0.25) is 0 Å². The summed E-state index contributed by atoms with van der Waals surface area (Å²) >= 11 is 0. The second-order valence-electron chi connectivity index (χ2n) is 5.91. The highest BCUT2D eigenvalue weighted by Gasteiger charge is 2.19. The SMILES string of the molecule is Cc1noc(CCNC2CCN(CC(C)C)CC2)n1. The zero-order chi connectivity index (χ0) is 13.7. The molecule has 0 bridgehead atoms. The van der Waals surface area contributed by atoms with Crippen LogP contribution >= 0.6 is 0 Å². The number of rotatable bonds is 6. The van der Waals surface area contributed by atoms with Crippen LogP contribution in [0, 0.1) is 12.8 Å². The Balaban J connectivity index is 1.60. The third-order valence-corrected chi connectivity index (χ3v) is 3.55. The van der Waals surface area contributed by atoms with Crippen molar-refractivity contribution in [3.63, 3.8) is 0 Å². The molecule has 0 amide bonds. The average Bonchev–Trinajstić information content (AvgIpc) is 2.77. The van der Waals surface area contributed by atoms with E-state index in [2.05, 4.69) is 34.2 Å². The summed E-state index contributed by atoms with van der Waals surface area (Å²) in [5.41, 5.74) is 0. The first kappa shape index (κ1) is 14.5. The Morgan fingerprint density at radius 1 is 1.37 bits per heavy atom. The van der Waals surface area contributed by atoms with Crippen LogP contribution in [0.2, 0.25) is 0 Å². The molecule has 0 unspecified atom stereocenters. The Kier molecular flexibility index (Phi) is 5.34. The summed E-state index contributed by atoms with van der Waals surface area (Å²) in [4.78, 5) is 6.79. The van der Waals surface area contributed by atoms with Gasteiger partial charge < -0.3 is 14.7 Å². The van der Waals surface area contributed by atoms with Crippen LogP contribution in [0.3, 0.4) is 0 Å². The molecule has 0 spiro atoms. The van der Waals surface area contributed by atoms with Crippen molar-refractivity contribution in [3.8, 4) is 0 Å². The van der Waals surface area contributed by atoms with Crippen molar-refractivity contribution in [3.05, 3.63) is 11.7 Å². The average molecular weight is 266 g/mol. The number of nitrogens with zero attached hydrogens (tertiary/aromatic N) is 3. The number of aryl methyl sites for hydroxylation is 1. The predicted octanol–water partition coefficient (Wildman–Crippen LogP) is 1.63. The topological polar surface area (TPSA) is 54.2 Å². The highest BCUT2D eigenvalue weighted by molar-refractivity contribution is 4.84. The van der Waals surface area contributed by atoms with Gasteiger partial charge in [0.2, 0.25) is 5.89 Å². The van der Waals surface area contributed by atoms with Gasteiger partial charge in [-0.15, -0.1) is 0 Å². The number of aromatic nitrogens is 2. The van der Waals surface area contributed by atoms with E-state index in [9.17, 15) is 0 Å². The maximum Gasteiger partial charge on any atom is 0.227 e. The molecule has 0 atom stereocenters. The van der Waals surface area contributed by atoms with E-state index >= 15 is 0 Å². The Labute approximate surface area is 115 Å². The van der Waals surface area contributed by atoms with Gasteiger partial charge >= 0.3 is 0 Å². The number of likely N-dealkylation sites (tertiary alicyclic amines) is 1. The van der Waals surface area contributed by atoms with Crippen LogP contribution in [-0.4, -0.2) is 47.3 Å². The van der Waals surface area contributed by atoms with Crippen molar-refractivity contribution in [2.45, 2.75) is 46.1 Å². The van der Waals surface area contributed by atoms with E-state index in [4.69, 9.17) is 4.52 Å². The van der Waals surface area contributed by atoms with Crippen LogP contribution in [0.5, 0.6) is 0 Å². The van der Waals surface area contributed by atoms with E-state index in [1.807, 2.05) is 6.92 Å². The molecule has 1 aliphatic heterocycles. The third kappa shape index (κ3) is 4.91. The van der Waals surface area contributed by atoms with Crippen LogP contribution in [0.4, 0.5) is 0 Å². The van der Waals surface area contributed by atoms with Gasteiger partial charge in [-0.1, -0.05) is 19.0 Å². The highest BCUT2D eigenvalue weighted by atomic mass is 16.5. The molecule has 0 aliphatic carbocycles. The van der Waals surface area contributed by atoms with E-state index < -0.39 is 0 Å². The lowest BCUT2D eigenvalue weighted by molar-refractivity contribution is 0.180. The van der Waals surface area contributed by atoms with Gasteiger partial charge in [-0.05, 0) is 38.8 Å². The van der Waals surface area contributed by atoms with Crippen molar-refractivity contribution in [2.24, 2.45) is 5.92 Å². The lowest BCUT2D eigenvalue weighted by atomic mass is 10.0. The van der Waals surface area contributed by atoms with Gasteiger partial charge in [-0.25, -0.2) is 0 Å². The predicted molar refractivity (Wildman–Crippen MR) is 75.0 cm³/mol. The summed E-state index contributed by atoms with van der Waals surface area (Å²) in [7, 11) is 0. The normalized spacial score (nSPS) is 18.3. The van der Waals surface area contributed by atoms with Crippen molar-refractivity contribution in [2.75, 3.05) is 26.2 Å². The largest absolute Gasteiger partial charge is 0.339 e. The van der Waals surface area contributed by atoms with Crippen LogP contribution in [0.1, 0.15) is 38.4 Å². The fourth-order valence-electron chi connectivity index (χ4n) is 2.66. The Bertz CT molecular complexity index is 369. The molecule has 0 radical (unpaired) electrons. The van der Waals surface area contributed by atoms with E-state index in [1.54, 1.807) is 0 Å². The molecule has 1 aromatic rings. The Morgan fingerprint density at radius 3 is 2.68 bits per heavy atom. The van der Waals surface area contributed by atoms with Gasteiger partial charge in [0.05, 0.1) is 0 Å². The fourth-order valence-corrected chi connectivity index (χ4v) is 2.66. The Morgan fingerprint density at radius 2 is 2.11 bits per heavy atom. The molecule has 1 fully saturated rings. The van der Waals surface area contributed by atoms with Crippen molar-refractivity contribution in [1.82, 2.24) is 20.4 Å². The second kappa shape index (κ2) is 7.01. The lowest BCUT2D eigenvalue weighted by Crippen LogP contribution is -2.44. The number of piperidine rings is 1. The van der Waals surface area contributed by atoms with E-state index in [1.165, 1.54) is 32.5 Å². The molecule has 19 heavy (non-hydrogen) atoms. The van der Waals surface area contributed by atoms with Crippen LogP contribution in [0.25, 0.3) is 0 Å². The summed E-state index contributed by atoms with van der Waals surface area (Å²) in [5, 5.41) is 7.40. The molecule has 5 nitrogen and oxygen atoms in total. The van der Waals surface area contributed by atoms with Crippen molar-refractivity contribution >= 4 is 0 Å². The zero-order valence-corrected chi connectivity index (χ0v) is 12.4. The molecule has 2 heterocycles. The molecule has 1 saturated heterocycles. The molecule has 5 heteroatoms. The highest BCUT2D eigenvalue weighted by Crippen LogP contribution is 2.12. The summed E-state index contributed by atoms with van der Waals surface area (Å²) in [6.45, 7) is 11.0. The summed E-state index contributed by atoms with van der Waals surface area (Å²) in [6.07, 6.45) is 3.32. The molecule has 1 aromatic heterocycles. The summed E-state index contributed by atoms with van der Waals surface area (Å²) in [6, 6.07) is 0.646. The van der Waals surface area contributed by atoms with Crippen molar-refractivity contribution < 1.29 is 4.52 Å². The first-order valence-electron chi connectivity index (χ1n) is 7.38. The summed E-state index contributed by atoms with van der Waals surface area (Å²) in [5.74, 6) is 2.23. The smallest absolute Gasteiger partial charge is 0.227 e. The van der Waals surface area contributed by atoms with Gasteiger partial charge in [0.25, 0.3) is 0 Å². The maximum absolute atomic E-state index is 5.11. The van der Waals surface area contributed by atoms with Crippen LogP contribution < -0.4 is 5.32 Å². The molecule has 108 valence electrons. The molecule has 1 aliphatic rings. The van der Waals surface area contributed by atoms with Gasteiger partial charge in [0.15, 0.2) is 5.82 Å². The van der Waals surface area contributed by atoms with E-state index in [-0.39, 0.29) is 0 Å². The molecule has 0 saturated carbocycles. The molecule has 2 rings (SSSR count). The number of nitrogens with one attached hydrogen (secondary N) is 1. The fraction of sp³-hybridized carbons (Fsp3) is 0.857. The van der Waals surface area contributed by atoms with Gasteiger partial charge in [-0.2, -0.15) is 4.98 Å². The van der Waals surface area contributed by atoms with E-state index in [0.29, 0.717) is 6.04 Å². The second-order valence-corrected chi connectivity index (χ2v) is 5.91. The van der Waals surface area contributed by atoms with Gasteiger partial charge in [0, 0.05) is 25.6 Å². The van der Waals surface area contributed by atoms with E-state index in [0.717, 1.165) is 30.6 Å². The summed E-state index contributed by atoms with van der Waals surface area (Å²) < 4.78 is 5.11. The first-order chi connectivity index (χ1) is 9.13. The zero-order valence-electron chi connectivity index (χ0n) is 12.4. The maximum atomic E-state index is 5.11. The standard InChI is InChI=1S/C14H26N4O/c1-11(2)10-18-8-5-13(6-9-18)15-7-4-14-16-12(3)17-19-14/h11,13,15H,4-10H2,1-3H3. The lowest BCUT2D eigenvalue weighted by Gasteiger charge is -2.33. The quantitative estimate of drug-likeness (QED) is 0.848. The molecule has 1 N–H and O–H groups in total. The number of hydrogen-bond acceptors (Lipinski definition) is 5. The molecule has 0 aromatic carbocycles. The van der Waals surface area contributed by atoms with Crippen LogP contribution in [0.15, 0.2) is 4.52 Å². The minimum atomic E-state index is 0.646. The van der Waals surface area contributed by atoms with Crippen LogP contribution in [-0.2, 0) is 6.42 Å². The monoisotopic (exact) mass is 266 g/mol. The minimum Gasteiger partial charge on any atom is -0.339 e. The van der Waals surface area contributed by atoms with Gasteiger partial charge in [0.1, 0.15) is 0 Å². The molecular formula is C14H26N4O. The van der Waals surface area contributed by atoms with Crippen molar-refractivity contribution in [1.29, 1.82) is 0 Å². The minimum absolute atomic E-state index is 0.646. The first-order valence-corrected chi connectivity index (χ1v) is 7.38. The molecular weight excluding hydrogens is 240 g/mol. The third-order valence-electron chi connectivity index (χ3n) is 3.55.